The Hall–Kier alpha value is -3.36. The molecule has 0 saturated heterocycles. The molecule has 1 aromatic heterocycles. The summed E-state index contributed by atoms with van der Waals surface area (Å²) in [6.45, 7) is 4.16. The number of thioether (sulfide) groups is 1. The molecule has 0 bridgehead atoms. The topological polar surface area (TPSA) is 54.5 Å². The molecule has 0 saturated carbocycles. The standard InChI is InChI=1S/C24H20N4S/c1-17-6-3-10-21(12-17)23-26-27-24(28(23)22-11-4-7-18(2)13-22)29-16-20-9-5-8-19(14-20)15-25/h3-14H,16H2,1-2H3. The largest absolute Gasteiger partial charge is 0.270 e. The van der Waals surface area contributed by atoms with Gasteiger partial charge in [-0.15, -0.1) is 10.2 Å². The molecule has 4 rings (SSSR count). The van der Waals surface area contributed by atoms with Crippen molar-refractivity contribution in [2.45, 2.75) is 24.8 Å². The zero-order valence-electron chi connectivity index (χ0n) is 16.3. The van der Waals surface area contributed by atoms with Crippen molar-refractivity contribution in [2.24, 2.45) is 0 Å². The van der Waals surface area contributed by atoms with Crippen LogP contribution >= 0.6 is 11.8 Å². The average Bonchev–Trinajstić information content (AvgIpc) is 3.16. The van der Waals surface area contributed by atoms with E-state index in [1.54, 1.807) is 11.8 Å². The quantitative estimate of drug-likeness (QED) is 0.405. The number of hydrogen-bond donors (Lipinski definition) is 0. The Balaban J connectivity index is 1.75. The van der Waals surface area contributed by atoms with E-state index >= 15 is 0 Å². The molecule has 0 atom stereocenters. The second kappa shape index (κ2) is 8.34. The van der Waals surface area contributed by atoms with Gasteiger partial charge in [0.25, 0.3) is 0 Å². The van der Waals surface area contributed by atoms with Gasteiger partial charge in [0.05, 0.1) is 11.6 Å². The predicted octanol–water partition coefficient (Wildman–Crippen LogP) is 5.72. The summed E-state index contributed by atoms with van der Waals surface area (Å²) in [6.07, 6.45) is 0. The second-order valence-electron chi connectivity index (χ2n) is 6.95. The summed E-state index contributed by atoms with van der Waals surface area (Å²) in [5.74, 6) is 1.54. The van der Waals surface area contributed by atoms with Crippen molar-refractivity contribution < 1.29 is 0 Å². The van der Waals surface area contributed by atoms with Crippen LogP contribution in [0, 0.1) is 25.2 Å². The molecule has 142 valence electrons. The molecule has 4 aromatic rings. The molecule has 1 heterocycles. The van der Waals surface area contributed by atoms with Crippen LogP contribution < -0.4 is 0 Å². The third-order valence-corrected chi connectivity index (χ3v) is 5.59. The van der Waals surface area contributed by atoms with Gasteiger partial charge in [-0.3, -0.25) is 4.57 Å². The van der Waals surface area contributed by atoms with Gasteiger partial charge in [0, 0.05) is 17.0 Å². The Kier molecular flexibility index (Phi) is 5.46. The molecule has 0 aliphatic heterocycles. The van der Waals surface area contributed by atoms with Crippen LogP contribution in [-0.4, -0.2) is 14.8 Å². The van der Waals surface area contributed by atoms with E-state index < -0.39 is 0 Å². The first-order valence-corrected chi connectivity index (χ1v) is 10.3. The first-order valence-electron chi connectivity index (χ1n) is 9.35. The summed E-state index contributed by atoms with van der Waals surface area (Å²) in [4.78, 5) is 0. The second-order valence-corrected chi connectivity index (χ2v) is 7.89. The van der Waals surface area contributed by atoms with Crippen LogP contribution in [-0.2, 0) is 5.75 Å². The number of aromatic nitrogens is 3. The molecule has 0 aliphatic carbocycles. The lowest BCUT2D eigenvalue weighted by Crippen LogP contribution is -2.00. The van der Waals surface area contributed by atoms with Crippen molar-refractivity contribution >= 4 is 11.8 Å². The lowest BCUT2D eigenvalue weighted by atomic mass is 10.1. The van der Waals surface area contributed by atoms with E-state index in [4.69, 9.17) is 5.26 Å². The predicted molar refractivity (Wildman–Crippen MR) is 117 cm³/mol. The SMILES string of the molecule is Cc1cccc(-c2nnc(SCc3cccc(C#N)c3)n2-c2cccc(C)c2)c1. The minimum Gasteiger partial charge on any atom is -0.270 e. The van der Waals surface area contributed by atoms with Crippen LogP contribution in [0.2, 0.25) is 0 Å². The number of aryl methyl sites for hydroxylation is 2. The first kappa shape index (κ1) is 19.0. The summed E-state index contributed by atoms with van der Waals surface area (Å²) in [5, 5.41) is 19.0. The Labute approximate surface area is 174 Å². The van der Waals surface area contributed by atoms with E-state index in [0.29, 0.717) is 11.3 Å². The lowest BCUT2D eigenvalue weighted by molar-refractivity contribution is 0.885. The highest BCUT2D eigenvalue weighted by Gasteiger charge is 2.16. The van der Waals surface area contributed by atoms with Gasteiger partial charge in [-0.1, -0.05) is 59.8 Å². The number of hydrogen-bond acceptors (Lipinski definition) is 4. The third kappa shape index (κ3) is 4.23. The molecule has 0 spiro atoms. The molecule has 0 radical (unpaired) electrons. The summed E-state index contributed by atoms with van der Waals surface area (Å²) in [6, 6.07) is 26.5. The monoisotopic (exact) mass is 396 g/mol. The van der Waals surface area contributed by atoms with Crippen LogP contribution in [0.1, 0.15) is 22.3 Å². The van der Waals surface area contributed by atoms with Gasteiger partial charge >= 0.3 is 0 Å². The van der Waals surface area contributed by atoms with Crippen LogP contribution in [0.25, 0.3) is 17.1 Å². The fourth-order valence-electron chi connectivity index (χ4n) is 3.21. The van der Waals surface area contributed by atoms with E-state index in [0.717, 1.165) is 27.8 Å². The van der Waals surface area contributed by atoms with Crippen molar-refractivity contribution in [3.05, 3.63) is 95.1 Å². The fourth-order valence-corrected chi connectivity index (χ4v) is 4.11. The van der Waals surface area contributed by atoms with Gasteiger partial charge in [0.15, 0.2) is 11.0 Å². The summed E-state index contributed by atoms with van der Waals surface area (Å²) >= 11 is 1.62. The van der Waals surface area contributed by atoms with Crippen LogP contribution in [0.4, 0.5) is 0 Å². The summed E-state index contributed by atoms with van der Waals surface area (Å²) < 4.78 is 2.11. The average molecular weight is 397 g/mol. The molecular formula is C24H20N4S. The van der Waals surface area contributed by atoms with Crippen molar-refractivity contribution in [1.29, 1.82) is 5.26 Å². The Morgan fingerprint density at radius 2 is 1.66 bits per heavy atom. The third-order valence-electron chi connectivity index (χ3n) is 4.59. The molecule has 0 unspecified atom stereocenters. The minimum absolute atomic E-state index is 0.670. The van der Waals surface area contributed by atoms with Gasteiger partial charge in [0.1, 0.15) is 0 Å². The summed E-state index contributed by atoms with van der Waals surface area (Å²) in [5.41, 5.74) is 6.21. The van der Waals surface area contributed by atoms with Crippen LogP contribution in [0.15, 0.2) is 78.0 Å². The Bertz CT molecular complexity index is 1200. The molecule has 0 N–H and O–H groups in total. The van der Waals surface area contributed by atoms with Crippen LogP contribution in [0.5, 0.6) is 0 Å². The normalized spacial score (nSPS) is 10.7. The van der Waals surface area contributed by atoms with Gasteiger partial charge in [0.2, 0.25) is 0 Å². The molecule has 3 aromatic carbocycles. The molecule has 0 amide bonds. The molecular weight excluding hydrogens is 376 g/mol. The van der Waals surface area contributed by atoms with Gasteiger partial charge in [-0.2, -0.15) is 5.26 Å². The van der Waals surface area contributed by atoms with Gasteiger partial charge < -0.3 is 0 Å². The molecule has 29 heavy (non-hydrogen) atoms. The molecule has 0 fully saturated rings. The highest BCUT2D eigenvalue weighted by Crippen LogP contribution is 2.30. The number of nitrogens with zero attached hydrogens (tertiary/aromatic N) is 4. The van der Waals surface area contributed by atoms with E-state index in [1.165, 1.54) is 11.1 Å². The van der Waals surface area contributed by atoms with Crippen molar-refractivity contribution in [1.82, 2.24) is 14.8 Å². The highest BCUT2D eigenvalue weighted by atomic mass is 32.2. The highest BCUT2D eigenvalue weighted by molar-refractivity contribution is 7.98. The maximum Gasteiger partial charge on any atom is 0.196 e. The number of nitriles is 1. The minimum atomic E-state index is 0.670. The summed E-state index contributed by atoms with van der Waals surface area (Å²) in [7, 11) is 0. The molecule has 4 nitrogen and oxygen atoms in total. The maximum absolute atomic E-state index is 9.13. The van der Waals surface area contributed by atoms with E-state index in [1.807, 2.05) is 30.3 Å². The van der Waals surface area contributed by atoms with Crippen molar-refractivity contribution in [3.63, 3.8) is 0 Å². The number of benzene rings is 3. The van der Waals surface area contributed by atoms with E-state index in [9.17, 15) is 0 Å². The van der Waals surface area contributed by atoms with Gasteiger partial charge in [-0.05, 0) is 55.3 Å². The maximum atomic E-state index is 9.13. The zero-order chi connectivity index (χ0) is 20.2. The van der Waals surface area contributed by atoms with Crippen molar-refractivity contribution in [3.8, 4) is 23.1 Å². The first-order chi connectivity index (χ1) is 14.1. The molecule has 0 aliphatic rings. The number of rotatable bonds is 5. The van der Waals surface area contributed by atoms with E-state index in [-0.39, 0.29) is 0 Å². The lowest BCUT2D eigenvalue weighted by Gasteiger charge is -2.11. The van der Waals surface area contributed by atoms with Crippen LogP contribution in [0.3, 0.4) is 0 Å². The van der Waals surface area contributed by atoms with Gasteiger partial charge in [-0.25, -0.2) is 0 Å². The van der Waals surface area contributed by atoms with Crippen molar-refractivity contribution in [2.75, 3.05) is 0 Å². The Morgan fingerprint density at radius 1 is 0.897 bits per heavy atom. The fraction of sp³-hybridized carbons (Fsp3) is 0.125. The molecule has 5 heteroatoms. The van der Waals surface area contributed by atoms with E-state index in [2.05, 4.69) is 77.1 Å². The smallest absolute Gasteiger partial charge is 0.196 e. The Morgan fingerprint density at radius 3 is 2.41 bits per heavy atom. The zero-order valence-corrected chi connectivity index (χ0v) is 17.1.